The topological polar surface area (TPSA) is 91.3 Å². The molecular formula is C16H38N6O2+2. The van der Waals surface area contributed by atoms with Crippen LogP contribution in [0.1, 0.15) is 47.0 Å². The number of ether oxygens (including phenoxy) is 1. The maximum absolute atomic E-state index is 5.30. The molecule has 1 atom stereocenters. The van der Waals surface area contributed by atoms with Crippen molar-refractivity contribution in [2.75, 3.05) is 27.4 Å². The molecule has 0 amide bonds. The van der Waals surface area contributed by atoms with E-state index in [0.717, 1.165) is 38.2 Å². The standard InChI is InChI=1S/C7H15N3O.C5H9N3O.2C2H6/c1-8-10-9-7-3-2-5-11-6-4-7;1-8-4-5(3-6-8)7-9-2;2*1-2/h7H,2-6H2,1H3,(H,8,9);3-4,7H,1-2H3;2*1-2H3/p+2. The third kappa shape index (κ3) is 14.1. The lowest BCUT2D eigenvalue weighted by molar-refractivity contribution is -0.830. The minimum absolute atomic E-state index is 0.491. The second kappa shape index (κ2) is 19.5. The smallest absolute Gasteiger partial charge is 0.200 e. The molecule has 0 spiro atoms. The normalized spacial score (nSPS) is 16.5. The van der Waals surface area contributed by atoms with Crippen molar-refractivity contribution in [3.63, 3.8) is 0 Å². The van der Waals surface area contributed by atoms with Crippen LogP contribution in [0.3, 0.4) is 0 Å². The number of quaternary nitrogens is 1. The molecule has 2 heterocycles. The van der Waals surface area contributed by atoms with Gasteiger partial charge in [0.1, 0.15) is 12.2 Å². The number of aryl methyl sites for hydroxylation is 1. The van der Waals surface area contributed by atoms with Gasteiger partial charge in [0.2, 0.25) is 0 Å². The van der Waals surface area contributed by atoms with E-state index in [2.05, 4.69) is 20.9 Å². The van der Waals surface area contributed by atoms with E-state index in [9.17, 15) is 0 Å². The largest absolute Gasteiger partial charge is 0.381 e. The molecule has 0 aromatic carbocycles. The van der Waals surface area contributed by atoms with Gasteiger partial charge in [-0.2, -0.15) is 21.1 Å². The molecule has 0 radical (unpaired) electrons. The maximum atomic E-state index is 5.30. The fourth-order valence-electron chi connectivity index (χ4n) is 1.83. The van der Waals surface area contributed by atoms with E-state index in [-0.39, 0.29) is 0 Å². The molecule has 1 unspecified atom stereocenters. The maximum Gasteiger partial charge on any atom is 0.200 e. The van der Waals surface area contributed by atoms with E-state index >= 15 is 0 Å². The SMILES string of the molecule is CC.CC.CO[NH2+]c1cnn(C)c1.C[NH+]=NNC1CCCOCC1. The lowest BCUT2D eigenvalue weighted by Crippen LogP contribution is -2.75. The summed E-state index contributed by atoms with van der Waals surface area (Å²) in [7, 11) is 5.28. The highest BCUT2D eigenvalue weighted by Crippen LogP contribution is 2.07. The minimum Gasteiger partial charge on any atom is -0.381 e. The van der Waals surface area contributed by atoms with Gasteiger partial charge >= 0.3 is 0 Å². The highest BCUT2D eigenvalue weighted by molar-refractivity contribution is 5.17. The Bertz CT molecular complexity index is 376. The Morgan fingerprint density at radius 2 is 2.04 bits per heavy atom. The first-order valence-electron chi connectivity index (χ1n) is 8.80. The third-order valence-electron chi connectivity index (χ3n) is 2.79. The average molecular weight is 347 g/mol. The molecule has 24 heavy (non-hydrogen) atoms. The van der Waals surface area contributed by atoms with Gasteiger partial charge < -0.3 is 4.74 Å². The molecule has 2 rings (SSSR count). The van der Waals surface area contributed by atoms with Crippen molar-refractivity contribution in [2.24, 2.45) is 12.3 Å². The summed E-state index contributed by atoms with van der Waals surface area (Å²) in [6, 6.07) is 0.491. The van der Waals surface area contributed by atoms with Gasteiger partial charge in [0.25, 0.3) is 0 Å². The van der Waals surface area contributed by atoms with Crippen LogP contribution in [0, 0.1) is 0 Å². The van der Waals surface area contributed by atoms with Crippen LogP contribution < -0.4 is 16.0 Å². The van der Waals surface area contributed by atoms with E-state index in [0.29, 0.717) is 6.04 Å². The molecule has 0 saturated carbocycles. The van der Waals surface area contributed by atoms with Gasteiger partial charge in [-0.25, -0.2) is 4.84 Å². The number of hydrogen-bond donors (Lipinski definition) is 3. The van der Waals surface area contributed by atoms with Crippen LogP contribution >= 0.6 is 0 Å². The Labute approximate surface area is 146 Å². The Balaban J connectivity index is 0. The van der Waals surface area contributed by atoms with E-state index in [4.69, 9.17) is 9.57 Å². The molecule has 1 aromatic rings. The number of nitrogens with zero attached hydrogens (tertiary/aromatic N) is 3. The molecule has 8 nitrogen and oxygen atoms in total. The lowest BCUT2D eigenvalue weighted by atomic mass is 10.1. The fraction of sp³-hybridized carbons (Fsp3) is 0.812. The van der Waals surface area contributed by atoms with E-state index in [1.807, 2.05) is 40.9 Å². The van der Waals surface area contributed by atoms with Gasteiger partial charge in [-0.1, -0.05) is 27.7 Å². The number of nitrogens with two attached hydrogens (primary N) is 1. The summed E-state index contributed by atoms with van der Waals surface area (Å²) >= 11 is 0. The summed E-state index contributed by atoms with van der Waals surface area (Å²) in [5.41, 5.74) is 5.68. The zero-order chi connectivity index (χ0) is 18.6. The van der Waals surface area contributed by atoms with Gasteiger partial charge in [0.15, 0.2) is 5.69 Å². The first-order valence-corrected chi connectivity index (χ1v) is 8.80. The molecule has 1 aliphatic rings. The van der Waals surface area contributed by atoms with Crippen LogP contribution in [0.15, 0.2) is 17.6 Å². The molecular weight excluding hydrogens is 308 g/mol. The van der Waals surface area contributed by atoms with Crippen LogP contribution in [-0.4, -0.2) is 43.2 Å². The highest BCUT2D eigenvalue weighted by atomic mass is 16.6. The van der Waals surface area contributed by atoms with Crippen molar-refractivity contribution in [3.05, 3.63) is 12.4 Å². The van der Waals surface area contributed by atoms with Crippen LogP contribution in [0.2, 0.25) is 0 Å². The minimum atomic E-state index is 0.491. The summed E-state index contributed by atoms with van der Waals surface area (Å²) in [6.45, 7) is 9.76. The zero-order valence-electron chi connectivity index (χ0n) is 16.5. The Morgan fingerprint density at radius 1 is 1.33 bits per heavy atom. The van der Waals surface area contributed by atoms with Crippen molar-refractivity contribution in [1.29, 1.82) is 0 Å². The van der Waals surface area contributed by atoms with Gasteiger partial charge in [0, 0.05) is 20.1 Å². The number of aromatic nitrogens is 2. The van der Waals surface area contributed by atoms with Gasteiger partial charge in [-0.05, 0) is 12.8 Å². The second-order valence-corrected chi connectivity index (χ2v) is 4.51. The van der Waals surface area contributed by atoms with Crippen molar-refractivity contribution in [3.8, 4) is 0 Å². The summed E-state index contributed by atoms with van der Waals surface area (Å²) in [4.78, 5) is 4.76. The molecule has 0 aliphatic carbocycles. The fourth-order valence-corrected chi connectivity index (χ4v) is 1.83. The predicted molar refractivity (Wildman–Crippen MR) is 95.4 cm³/mol. The summed E-state index contributed by atoms with van der Waals surface area (Å²) in [5, 5.41) is 10.5. The Hall–Kier alpha value is -1.51. The molecule has 4 N–H and O–H groups in total. The van der Waals surface area contributed by atoms with Crippen LogP contribution in [-0.2, 0) is 16.6 Å². The molecule has 8 heteroatoms. The highest BCUT2D eigenvalue weighted by Gasteiger charge is 2.14. The van der Waals surface area contributed by atoms with Crippen molar-refractivity contribution >= 4 is 5.69 Å². The quantitative estimate of drug-likeness (QED) is 0.545. The average Bonchev–Trinajstić information content (AvgIpc) is 2.88. The van der Waals surface area contributed by atoms with E-state index in [1.54, 1.807) is 30.5 Å². The summed E-state index contributed by atoms with van der Waals surface area (Å²) in [5.74, 6) is 0. The van der Waals surface area contributed by atoms with Crippen LogP contribution in [0.5, 0.6) is 0 Å². The molecule has 1 aromatic heterocycles. The number of hydrogen-bond acceptors (Lipinski definition) is 4. The molecule has 1 saturated heterocycles. The molecule has 142 valence electrons. The number of rotatable bonds is 4. The molecule has 1 fully saturated rings. The Kier molecular flexibility index (Phi) is 20.1. The molecule has 1 aliphatic heterocycles. The van der Waals surface area contributed by atoms with E-state index in [1.165, 1.54) is 0 Å². The van der Waals surface area contributed by atoms with Crippen molar-refractivity contribution < 1.29 is 20.2 Å². The van der Waals surface area contributed by atoms with Crippen molar-refractivity contribution in [1.82, 2.24) is 15.2 Å². The second-order valence-electron chi connectivity index (χ2n) is 4.51. The number of nitrogens with one attached hydrogen (secondary N) is 2. The Morgan fingerprint density at radius 3 is 2.58 bits per heavy atom. The third-order valence-corrected chi connectivity index (χ3v) is 2.79. The predicted octanol–water partition coefficient (Wildman–Crippen LogP) is 0.452. The lowest BCUT2D eigenvalue weighted by Gasteiger charge is -2.04. The zero-order valence-corrected chi connectivity index (χ0v) is 16.5. The summed E-state index contributed by atoms with van der Waals surface area (Å²) < 4.78 is 7.03. The van der Waals surface area contributed by atoms with Gasteiger partial charge in [-0.15, -0.1) is 0 Å². The first-order chi connectivity index (χ1) is 11.8. The van der Waals surface area contributed by atoms with Crippen LogP contribution in [0.4, 0.5) is 5.69 Å². The van der Waals surface area contributed by atoms with Gasteiger partial charge in [-0.3, -0.25) is 4.68 Å². The molecule has 0 bridgehead atoms. The van der Waals surface area contributed by atoms with Crippen LogP contribution in [0.25, 0.3) is 0 Å². The monoisotopic (exact) mass is 346 g/mol. The summed E-state index contributed by atoms with van der Waals surface area (Å²) in [6.07, 6.45) is 6.97. The van der Waals surface area contributed by atoms with Crippen molar-refractivity contribution in [2.45, 2.75) is 53.0 Å². The first kappa shape index (κ1) is 24.7. The van der Waals surface area contributed by atoms with Gasteiger partial charge in [0.05, 0.1) is 32.2 Å². The van der Waals surface area contributed by atoms with E-state index < -0.39 is 0 Å².